The summed E-state index contributed by atoms with van der Waals surface area (Å²) in [5, 5.41) is 12.2. The highest BCUT2D eigenvalue weighted by Gasteiger charge is 2.17. The molecule has 0 spiro atoms. The molecule has 1 heterocycles. The van der Waals surface area contributed by atoms with Crippen molar-refractivity contribution < 1.29 is 9.18 Å². The second-order valence-electron chi connectivity index (χ2n) is 7.17. The van der Waals surface area contributed by atoms with E-state index in [1.54, 1.807) is 12.1 Å². The first-order chi connectivity index (χ1) is 15.5. The van der Waals surface area contributed by atoms with Crippen LogP contribution in [0.3, 0.4) is 0 Å². The van der Waals surface area contributed by atoms with E-state index in [1.807, 2.05) is 60.0 Å². The molecule has 5 nitrogen and oxygen atoms in total. The molecule has 8 heteroatoms. The summed E-state index contributed by atoms with van der Waals surface area (Å²) in [5.74, 6) is 0.429. The van der Waals surface area contributed by atoms with E-state index in [2.05, 4.69) is 31.4 Å². The first-order valence-electron chi connectivity index (χ1n) is 9.92. The summed E-state index contributed by atoms with van der Waals surface area (Å²) in [5.41, 5.74) is 3.57. The zero-order valence-corrected chi connectivity index (χ0v) is 19.7. The van der Waals surface area contributed by atoms with E-state index in [1.165, 1.54) is 23.9 Å². The first kappa shape index (κ1) is 22.2. The lowest BCUT2D eigenvalue weighted by atomic mass is 10.1. The van der Waals surface area contributed by atoms with Crippen molar-refractivity contribution in [2.45, 2.75) is 18.5 Å². The highest BCUT2D eigenvalue weighted by molar-refractivity contribution is 9.10. The van der Waals surface area contributed by atoms with E-state index in [0.29, 0.717) is 11.6 Å². The fraction of sp³-hybridized carbons (Fsp3) is 0.125. The molecule has 0 aliphatic rings. The SMILES string of the molecule is Cc1cc(Br)ccc1NC(=O)CSc1nnc(Cc2ccccc2)n1-c1ccc(F)cc1. The number of nitrogens with zero attached hydrogens (tertiary/aromatic N) is 3. The summed E-state index contributed by atoms with van der Waals surface area (Å²) in [6.07, 6.45) is 0.566. The highest BCUT2D eigenvalue weighted by atomic mass is 79.9. The van der Waals surface area contributed by atoms with Gasteiger partial charge in [-0.3, -0.25) is 9.36 Å². The van der Waals surface area contributed by atoms with Crippen LogP contribution in [0.15, 0.2) is 82.4 Å². The normalized spacial score (nSPS) is 10.8. The minimum atomic E-state index is -0.315. The van der Waals surface area contributed by atoms with Crippen molar-refractivity contribution in [3.8, 4) is 5.69 Å². The summed E-state index contributed by atoms with van der Waals surface area (Å²) in [4.78, 5) is 12.6. The Morgan fingerprint density at radius 2 is 1.81 bits per heavy atom. The Labute approximate surface area is 198 Å². The van der Waals surface area contributed by atoms with Crippen LogP contribution in [0.5, 0.6) is 0 Å². The minimum Gasteiger partial charge on any atom is -0.325 e. The topological polar surface area (TPSA) is 59.8 Å². The highest BCUT2D eigenvalue weighted by Crippen LogP contribution is 2.25. The Bertz CT molecular complexity index is 1230. The van der Waals surface area contributed by atoms with Gasteiger partial charge in [-0.2, -0.15) is 0 Å². The number of thioether (sulfide) groups is 1. The van der Waals surface area contributed by atoms with Crippen LogP contribution in [0.1, 0.15) is 17.0 Å². The third-order valence-corrected chi connectivity index (χ3v) is 6.21. The number of anilines is 1. The summed E-state index contributed by atoms with van der Waals surface area (Å²) >= 11 is 4.71. The molecule has 32 heavy (non-hydrogen) atoms. The smallest absolute Gasteiger partial charge is 0.234 e. The molecule has 0 saturated heterocycles. The Morgan fingerprint density at radius 1 is 1.06 bits per heavy atom. The van der Waals surface area contributed by atoms with Crippen LogP contribution < -0.4 is 5.32 Å². The molecule has 0 fully saturated rings. The van der Waals surface area contributed by atoms with E-state index in [-0.39, 0.29) is 17.5 Å². The van der Waals surface area contributed by atoms with Crippen molar-refractivity contribution >= 4 is 39.3 Å². The Morgan fingerprint density at radius 3 is 2.53 bits per heavy atom. The predicted molar refractivity (Wildman–Crippen MR) is 129 cm³/mol. The Kier molecular flexibility index (Phi) is 7.02. The van der Waals surface area contributed by atoms with Gasteiger partial charge in [-0.15, -0.1) is 10.2 Å². The average molecular weight is 511 g/mol. The van der Waals surface area contributed by atoms with Crippen molar-refractivity contribution in [2.75, 3.05) is 11.1 Å². The molecule has 0 aliphatic carbocycles. The van der Waals surface area contributed by atoms with Crippen molar-refractivity contribution in [3.05, 3.63) is 100 Å². The second kappa shape index (κ2) is 10.1. The summed E-state index contributed by atoms with van der Waals surface area (Å²) in [7, 11) is 0. The molecule has 4 aromatic rings. The first-order valence-corrected chi connectivity index (χ1v) is 11.7. The Balaban J connectivity index is 1.55. The lowest BCUT2D eigenvalue weighted by Crippen LogP contribution is -2.15. The molecule has 0 saturated carbocycles. The van der Waals surface area contributed by atoms with Gasteiger partial charge in [-0.05, 0) is 60.5 Å². The van der Waals surface area contributed by atoms with Gasteiger partial charge in [0.15, 0.2) is 5.16 Å². The molecule has 1 N–H and O–H groups in total. The van der Waals surface area contributed by atoms with Gasteiger partial charge in [0, 0.05) is 22.3 Å². The number of carbonyl (C=O) groups is 1. The quantitative estimate of drug-likeness (QED) is 0.319. The molecule has 162 valence electrons. The summed E-state index contributed by atoms with van der Waals surface area (Å²) in [6, 6.07) is 21.8. The number of carbonyl (C=O) groups excluding carboxylic acids is 1. The monoisotopic (exact) mass is 510 g/mol. The van der Waals surface area contributed by atoms with Crippen LogP contribution in [0.25, 0.3) is 5.69 Å². The number of hydrogen-bond donors (Lipinski definition) is 1. The molecule has 4 rings (SSSR count). The number of aromatic nitrogens is 3. The maximum absolute atomic E-state index is 13.5. The third kappa shape index (κ3) is 5.44. The molecular formula is C24H20BrFN4OS. The number of benzene rings is 3. The van der Waals surface area contributed by atoms with Gasteiger partial charge in [0.1, 0.15) is 11.6 Å². The van der Waals surface area contributed by atoms with Gasteiger partial charge in [0.2, 0.25) is 5.91 Å². The van der Waals surface area contributed by atoms with Crippen molar-refractivity contribution in [3.63, 3.8) is 0 Å². The molecule has 0 unspecified atom stereocenters. The van der Waals surface area contributed by atoms with Crippen LogP contribution in [0.4, 0.5) is 10.1 Å². The molecule has 3 aromatic carbocycles. The molecule has 0 radical (unpaired) electrons. The standard InChI is InChI=1S/C24H20BrFN4OS/c1-16-13-18(25)7-12-21(16)27-23(31)15-32-24-29-28-22(14-17-5-3-2-4-6-17)30(24)20-10-8-19(26)9-11-20/h2-13H,14-15H2,1H3,(H,27,31). The van der Waals surface area contributed by atoms with E-state index >= 15 is 0 Å². The van der Waals surface area contributed by atoms with Gasteiger partial charge in [0.05, 0.1) is 5.75 Å². The van der Waals surface area contributed by atoms with Crippen molar-refractivity contribution in [2.24, 2.45) is 0 Å². The largest absolute Gasteiger partial charge is 0.325 e. The van der Waals surface area contributed by atoms with Crippen molar-refractivity contribution in [1.29, 1.82) is 0 Å². The van der Waals surface area contributed by atoms with Gasteiger partial charge in [-0.25, -0.2) is 4.39 Å². The fourth-order valence-corrected chi connectivity index (χ4v) is 4.47. The molecule has 0 aliphatic heterocycles. The Hall–Kier alpha value is -2.97. The third-order valence-electron chi connectivity index (χ3n) is 4.79. The number of aryl methyl sites for hydroxylation is 1. The van der Waals surface area contributed by atoms with Gasteiger partial charge >= 0.3 is 0 Å². The zero-order chi connectivity index (χ0) is 22.5. The number of rotatable bonds is 7. The minimum absolute atomic E-state index is 0.140. The van der Waals surface area contributed by atoms with Crippen LogP contribution in [-0.4, -0.2) is 26.4 Å². The number of nitrogens with one attached hydrogen (secondary N) is 1. The van der Waals surface area contributed by atoms with E-state index in [4.69, 9.17) is 0 Å². The lowest BCUT2D eigenvalue weighted by molar-refractivity contribution is -0.113. The predicted octanol–water partition coefficient (Wildman–Crippen LogP) is 5.80. The molecule has 1 aromatic heterocycles. The number of hydrogen-bond acceptors (Lipinski definition) is 4. The summed E-state index contributed by atoms with van der Waals surface area (Å²) < 4.78 is 16.3. The van der Waals surface area contributed by atoms with Crippen LogP contribution in [0.2, 0.25) is 0 Å². The van der Waals surface area contributed by atoms with Gasteiger partial charge < -0.3 is 5.32 Å². The van der Waals surface area contributed by atoms with Crippen LogP contribution in [-0.2, 0) is 11.2 Å². The van der Waals surface area contributed by atoms with Crippen LogP contribution in [0, 0.1) is 12.7 Å². The maximum atomic E-state index is 13.5. The fourth-order valence-electron chi connectivity index (χ4n) is 3.22. The maximum Gasteiger partial charge on any atom is 0.234 e. The molecule has 1 amide bonds. The second-order valence-corrected chi connectivity index (χ2v) is 9.03. The van der Waals surface area contributed by atoms with Crippen molar-refractivity contribution in [1.82, 2.24) is 14.8 Å². The number of amides is 1. The van der Waals surface area contributed by atoms with Gasteiger partial charge in [0.25, 0.3) is 0 Å². The van der Waals surface area contributed by atoms with Gasteiger partial charge in [-0.1, -0.05) is 58.0 Å². The van der Waals surface area contributed by atoms with E-state index in [9.17, 15) is 9.18 Å². The van der Waals surface area contributed by atoms with Crippen LogP contribution >= 0.6 is 27.7 Å². The molecule has 0 atom stereocenters. The summed E-state index contributed by atoms with van der Waals surface area (Å²) in [6.45, 7) is 1.94. The van der Waals surface area contributed by atoms with E-state index in [0.717, 1.165) is 32.8 Å². The molecular weight excluding hydrogens is 491 g/mol. The zero-order valence-electron chi connectivity index (χ0n) is 17.3. The average Bonchev–Trinajstić information content (AvgIpc) is 3.18. The van der Waals surface area contributed by atoms with E-state index < -0.39 is 0 Å². The molecule has 0 bridgehead atoms. The number of halogens is 2. The lowest BCUT2D eigenvalue weighted by Gasteiger charge is -2.11.